The summed E-state index contributed by atoms with van der Waals surface area (Å²) in [5, 5.41) is 0. The molecule has 0 spiro atoms. The molecule has 1 heteroatoms. The van der Waals surface area contributed by atoms with Crippen LogP contribution in [0.3, 0.4) is 0 Å². The molecule has 13 heavy (non-hydrogen) atoms. The molecule has 0 N–H and O–H groups in total. The summed E-state index contributed by atoms with van der Waals surface area (Å²) in [6.07, 6.45) is 4.92. The van der Waals surface area contributed by atoms with Crippen LogP contribution in [0.4, 0.5) is 0 Å². The first-order chi connectivity index (χ1) is 5.98. The smallest absolute Gasteiger partial charge is 0.0628 e. The molecule has 0 radical (unpaired) electrons. The molecule has 0 aromatic carbocycles. The Kier molecular flexibility index (Phi) is 6.40. The predicted molar refractivity (Wildman–Crippen MR) is 59.0 cm³/mol. The summed E-state index contributed by atoms with van der Waals surface area (Å²) in [6.45, 7) is 12.0. The van der Waals surface area contributed by atoms with Gasteiger partial charge in [0.05, 0.1) is 5.60 Å². The van der Waals surface area contributed by atoms with Crippen molar-refractivity contribution in [3.8, 4) is 0 Å². The Hall–Kier alpha value is -0.0400. The Bertz CT molecular complexity index is 116. The van der Waals surface area contributed by atoms with Crippen LogP contribution in [0.15, 0.2) is 0 Å². The van der Waals surface area contributed by atoms with Crippen LogP contribution in [0, 0.1) is 5.92 Å². The molecule has 0 rings (SSSR count). The molecular formula is C12H26O. The number of hydrogen-bond donors (Lipinski definition) is 0. The van der Waals surface area contributed by atoms with Gasteiger partial charge in [0.1, 0.15) is 0 Å². The minimum atomic E-state index is 0.0713. The summed E-state index contributed by atoms with van der Waals surface area (Å²) in [6, 6.07) is 0. The highest BCUT2D eigenvalue weighted by atomic mass is 16.5. The number of rotatable bonds is 7. The van der Waals surface area contributed by atoms with Crippen molar-refractivity contribution in [2.45, 2.75) is 65.9 Å². The summed E-state index contributed by atoms with van der Waals surface area (Å²) in [4.78, 5) is 0. The summed E-state index contributed by atoms with van der Waals surface area (Å²) in [5.41, 5.74) is 0.0713. The van der Waals surface area contributed by atoms with E-state index < -0.39 is 0 Å². The molecule has 0 unspecified atom stereocenters. The van der Waals surface area contributed by atoms with Gasteiger partial charge < -0.3 is 4.74 Å². The second-order valence-corrected chi connectivity index (χ2v) is 4.91. The summed E-state index contributed by atoms with van der Waals surface area (Å²) >= 11 is 0. The second-order valence-electron chi connectivity index (χ2n) is 4.91. The molecule has 0 aromatic rings. The van der Waals surface area contributed by atoms with E-state index in [0.717, 1.165) is 18.9 Å². The fourth-order valence-corrected chi connectivity index (χ4v) is 1.74. The van der Waals surface area contributed by atoms with Crippen molar-refractivity contribution in [3.05, 3.63) is 0 Å². The molecule has 0 aliphatic rings. The fraction of sp³-hybridized carbons (Fsp3) is 1.00. The molecule has 0 aliphatic carbocycles. The SMILES string of the molecule is CCCCCOC(C)(C)CC(C)C. The number of unbranched alkanes of at least 4 members (excludes halogenated alkanes) is 2. The molecule has 0 aromatic heterocycles. The maximum absolute atomic E-state index is 5.84. The molecule has 0 amide bonds. The minimum absolute atomic E-state index is 0.0713. The molecule has 0 atom stereocenters. The first-order valence-corrected chi connectivity index (χ1v) is 5.62. The van der Waals surface area contributed by atoms with Crippen LogP contribution in [0.2, 0.25) is 0 Å². The topological polar surface area (TPSA) is 9.23 Å². The third-order valence-corrected chi connectivity index (χ3v) is 2.14. The van der Waals surface area contributed by atoms with E-state index in [1.165, 1.54) is 19.3 Å². The summed E-state index contributed by atoms with van der Waals surface area (Å²) in [7, 11) is 0. The normalized spacial score (nSPS) is 12.5. The zero-order chi connectivity index (χ0) is 10.3. The molecule has 0 heterocycles. The quantitative estimate of drug-likeness (QED) is 0.546. The standard InChI is InChI=1S/C12H26O/c1-6-7-8-9-13-12(4,5)10-11(2)3/h11H,6-10H2,1-5H3. The van der Waals surface area contributed by atoms with E-state index >= 15 is 0 Å². The van der Waals surface area contributed by atoms with Gasteiger partial charge in [-0.15, -0.1) is 0 Å². The van der Waals surface area contributed by atoms with Crippen molar-refractivity contribution < 1.29 is 4.74 Å². The van der Waals surface area contributed by atoms with Crippen molar-refractivity contribution in [1.29, 1.82) is 0 Å². The second kappa shape index (κ2) is 6.42. The van der Waals surface area contributed by atoms with E-state index in [0.29, 0.717) is 0 Å². The summed E-state index contributed by atoms with van der Waals surface area (Å²) < 4.78 is 5.84. The maximum atomic E-state index is 5.84. The van der Waals surface area contributed by atoms with Gasteiger partial charge >= 0.3 is 0 Å². The van der Waals surface area contributed by atoms with Crippen LogP contribution < -0.4 is 0 Å². The third-order valence-electron chi connectivity index (χ3n) is 2.14. The van der Waals surface area contributed by atoms with Crippen LogP contribution in [0.25, 0.3) is 0 Å². The van der Waals surface area contributed by atoms with Gasteiger partial charge in [-0.25, -0.2) is 0 Å². The van der Waals surface area contributed by atoms with Crippen LogP contribution in [-0.4, -0.2) is 12.2 Å². The van der Waals surface area contributed by atoms with Crippen molar-refractivity contribution in [1.82, 2.24) is 0 Å². The predicted octanol–water partition coefficient (Wildman–Crippen LogP) is 4.02. The highest BCUT2D eigenvalue weighted by Gasteiger charge is 2.19. The van der Waals surface area contributed by atoms with Crippen LogP contribution in [0.5, 0.6) is 0 Å². The van der Waals surface area contributed by atoms with E-state index in [2.05, 4.69) is 34.6 Å². The fourth-order valence-electron chi connectivity index (χ4n) is 1.74. The lowest BCUT2D eigenvalue weighted by atomic mass is 9.96. The van der Waals surface area contributed by atoms with E-state index in [1.54, 1.807) is 0 Å². The van der Waals surface area contributed by atoms with Gasteiger partial charge in [0, 0.05) is 6.61 Å². The molecular weight excluding hydrogens is 160 g/mol. The van der Waals surface area contributed by atoms with E-state index in [1.807, 2.05) is 0 Å². The Balaban J connectivity index is 3.50. The molecule has 0 aliphatic heterocycles. The zero-order valence-corrected chi connectivity index (χ0v) is 10.0. The van der Waals surface area contributed by atoms with Gasteiger partial charge in [0.2, 0.25) is 0 Å². The van der Waals surface area contributed by atoms with E-state index in [-0.39, 0.29) is 5.60 Å². The molecule has 0 saturated heterocycles. The number of hydrogen-bond acceptors (Lipinski definition) is 1. The lowest BCUT2D eigenvalue weighted by Crippen LogP contribution is -2.26. The first-order valence-electron chi connectivity index (χ1n) is 5.62. The van der Waals surface area contributed by atoms with Crippen molar-refractivity contribution in [2.75, 3.05) is 6.61 Å². The van der Waals surface area contributed by atoms with Crippen LogP contribution in [0.1, 0.15) is 60.3 Å². The average Bonchev–Trinajstić information content (AvgIpc) is 1.95. The molecule has 80 valence electrons. The maximum Gasteiger partial charge on any atom is 0.0628 e. The largest absolute Gasteiger partial charge is 0.376 e. The zero-order valence-electron chi connectivity index (χ0n) is 10.0. The van der Waals surface area contributed by atoms with E-state index in [9.17, 15) is 0 Å². The Morgan fingerprint density at radius 2 is 1.77 bits per heavy atom. The van der Waals surface area contributed by atoms with Crippen molar-refractivity contribution in [2.24, 2.45) is 5.92 Å². The minimum Gasteiger partial charge on any atom is -0.376 e. The van der Waals surface area contributed by atoms with Crippen molar-refractivity contribution >= 4 is 0 Å². The molecule has 1 nitrogen and oxygen atoms in total. The number of ether oxygens (including phenoxy) is 1. The Labute approximate surface area is 83.9 Å². The third kappa shape index (κ3) is 8.29. The lowest BCUT2D eigenvalue weighted by molar-refractivity contribution is -0.0327. The monoisotopic (exact) mass is 186 g/mol. The van der Waals surface area contributed by atoms with E-state index in [4.69, 9.17) is 4.74 Å². The van der Waals surface area contributed by atoms with Crippen LogP contribution in [-0.2, 0) is 4.74 Å². The van der Waals surface area contributed by atoms with Crippen LogP contribution >= 0.6 is 0 Å². The molecule has 0 saturated carbocycles. The Morgan fingerprint density at radius 1 is 1.15 bits per heavy atom. The van der Waals surface area contributed by atoms with Gasteiger partial charge in [-0.3, -0.25) is 0 Å². The first kappa shape index (κ1) is 13.0. The lowest BCUT2D eigenvalue weighted by Gasteiger charge is -2.27. The van der Waals surface area contributed by atoms with Gasteiger partial charge in [0.25, 0.3) is 0 Å². The highest BCUT2D eigenvalue weighted by Crippen LogP contribution is 2.20. The molecule has 0 fully saturated rings. The van der Waals surface area contributed by atoms with Gasteiger partial charge in [-0.05, 0) is 32.6 Å². The highest BCUT2D eigenvalue weighted by molar-refractivity contribution is 4.70. The summed E-state index contributed by atoms with van der Waals surface area (Å²) in [5.74, 6) is 0.723. The molecule has 0 bridgehead atoms. The average molecular weight is 186 g/mol. The Morgan fingerprint density at radius 3 is 2.23 bits per heavy atom. The van der Waals surface area contributed by atoms with Gasteiger partial charge in [-0.1, -0.05) is 33.6 Å². The van der Waals surface area contributed by atoms with Gasteiger partial charge in [0.15, 0.2) is 0 Å². The van der Waals surface area contributed by atoms with Crippen molar-refractivity contribution in [3.63, 3.8) is 0 Å². The van der Waals surface area contributed by atoms with Gasteiger partial charge in [-0.2, -0.15) is 0 Å².